The normalized spacial score (nSPS) is 3.60. The van der Waals surface area contributed by atoms with Crippen molar-refractivity contribution in [2.75, 3.05) is 0 Å². The standard InChI is InChI=1S/2Al.2Fe.2Mg.3O3Si.2H2O.4H/c;;;;;;3*1-4(2)3;;;;;;/h;;;;;;;;;2*1H2;;;;/q;;2*+3;2*+2;3*-2;;;4*-1. The third kappa shape index (κ3) is 1330. The van der Waals surface area contributed by atoms with Gasteiger partial charge in [-0.1, -0.05) is 0 Å². The van der Waals surface area contributed by atoms with E-state index in [2.05, 4.69) is 0 Å². The van der Waals surface area contributed by atoms with Gasteiger partial charge in [-0.05, 0) is 0 Å². The van der Waals surface area contributed by atoms with Gasteiger partial charge in [0.2, 0.25) is 0 Å². The Bertz CT molecular complexity index is 151. The van der Waals surface area contributed by atoms with Crippen molar-refractivity contribution >= 4 is 108 Å². The molecule has 112 valence electrons. The molecule has 0 aliphatic rings. The second kappa shape index (κ2) is 68.5. The third-order valence-electron chi connectivity index (χ3n) is 0. The van der Waals surface area contributed by atoms with Crippen LogP contribution in [0, 0.1) is 0 Å². The van der Waals surface area contributed by atoms with E-state index in [1.54, 1.807) is 0 Å². The fourth-order valence-corrected chi connectivity index (χ4v) is 0. The van der Waals surface area contributed by atoms with Crippen molar-refractivity contribution in [3.05, 3.63) is 0 Å². The topological polar surface area (TPSA) is 253 Å². The van der Waals surface area contributed by atoms with Gasteiger partial charge in [-0.3, -0.25) is 0 Å². The van der Waals surface area contributed by atoms with E-state index in [0.717, 1.165) is 0 Å². The molecule has 11 nitrogen and oxygen atoms in total. The van der Waals surface area contributed by atoms with Crippen LogP contribution in [0.2, 0.25) is 0 Å². The molecule has 0 aromatic rings. The van der Waals surface area contributed by atoms with E-state index in [1.165, 1.54) is 0 Å². The zero-order valence-corrected chi connectivity index (χ0v) is 19.8. The van der Waals surface area contributed by atoms with Crippen molar-refractivity contribution < 1.29 is 93.0 Å². The van der Waals surface area contributed by atoms with E-state index in [0.29, 0.717) is 0 Å². The van der Waals surface area contributed by atoms with E-state index in [-0.39, 0.29) is 132 Å². The summed E-state index contributed by atoms with van der Waals surface area (Å²) in [4.78, 5) is 51.1. The predicted molar refractivity (Wildman–Crippen MR) is 54.0 cm³/mol. The quantitative estimate of drug-likeness (QED) is 0.296. The summed E-state index contributed by atoms with van der Waals surface area (Å²) in [7, 11) is -10.9. The van der Waals surface area contributed by atoms with Crippen molar-refractivity contribution in [2.24, 2.45) is 0 Å². The molecule has 0 aromatic carbocycles. The smallest absolute Gasteiger partial charge is 1.00 e. The first-order chi connectivity index (χ1) is 5.20. The molecule has 0 fully saturated rings. The van der Waals surface area contributed by atoms with Crippen LogP contribution in [-0.2, 0) is 47.5 Å². The summed E-state index contributed by atoms with van der Waals surface area (Å²) in [6, 6.07) is 0. The van der Waals surface area contributed by atoms with Crippen molar-refractivity contribution in [3.63, 3.8) is 0 Å². The van der Waals surface area contributed by atoms with Gasteiger partial charge in [-0.15, -0.1) is 0 Å². The van der Waals surface area contributed by atoms with Gasteiger partial charge in [0.05, 0.1) is 0 Å². The average molecular weight is 483 g/mol. The number of hydrogen-bond donors (Lipinski definition) is 0. The van der Waals surface area contributed by atoms with Gasteiger partial charge in [0.1, 0.15) is 0 Å². The molecule has 0 saturated carbocycles. The Balaban J connectivity index is -0.00000000312. The van der Waals surface area contributed by atoms with Crippen LogP contribution in [0.3, 0.4) is 0 Å². The van der Waals surface area contributed by atoms with Crippen LogP contribution < -0.4 is 28.8 Å². The van der Waals surface area contributed by atoms with Crippen LogP contribution in [0.5, 0.6) is 0 Å². The number of hydrogen-bond acceptors (Lipinski definition) is 9. The summed E-state index contributed by atoms with van der Waals surface area (Å²) in [6.45, 7) is 0. The molecule has 0 aliphatic heterocycles. The van der Waals surface area contributed by atoms with Crippen molar-refractivity contribution in [1.29, 1.82) is 0 Å². The molecule has 0 bridgehead atoms. The van der Waals surface area contributed by atoms with E-state index in [1.807, 2.05) is 0 Å². The molecule has 0 atom stereocenters. The van der Waals surface area contributed by atoms with Crippen molar-refractivity contribution in [2.45, 2.75) is 0 Å². The number of rotatable bonds is 0. The van der Waals surface area contributed by atoms with Crippen LogP contribution in [0.25, 0.3) is 0 Å². The van der Waals surface area contributed by atoms with Gasteiger partial charge in [-0.25, -0.2) is 0 Å². The molecule has 0 heterocycles. The van der Waals surface area contributed by atoms with Gasteiger partial charge in [0.15, 0.2) is 0 Å². The van der Waals surface area contributed by atoms with Gasteiger partial charge >= 0.3 is 80.2 Å². The summed E-state index contributed by atoms with van der Waals surface area (Å²) >= 11 is 0. The van der Waals surface area contributed by atoms with E-state index in [9.17, 15) is 0 Å². The van der Waals surface area contributed by atoms with E-state index in [4.69, 9.17) is 42.2 Å². The molecule has 0 aromatic heterocycles. The minimum absolute atomic E-state index is 0. The zero-order valence-electron chi connectivity index (χ0n) is 13.5. The Hall–Kier alpha value is 2.41. The maximum Gasteiger partial charge on any atom is 3.00 e. The second-order valence-corrected chi connectivity index (χ2v) is 2.25. The Morgan fingerprint density at radius 1 is 0.550 bits per heavy atom. The summed E-state index contributed by atoms with van der Waals surface area (Å²) in [5.41, 5.74) is 0. The first-order valence-corrected chi connectivity index (χ1v) is 5.51. The molecule has 0 saturated heterocycles. The fraction of sp³-hybridized carbons (Fsp3) is 0. The van der Waals surface area contributed by atoms with E-state index >= 15 is 0 Å². The van der Waals surface area contributed by atoms with Crippen LogP contribution in [0.15, 0.2) is 0 Å². The average Bonchev–Trinajstić information content (AvgIpc) is 1.54. The Morgan fingerprint density at radius 2 is 0.550 bits per heavy atom. The van der Waals surface area contributed by atoms with Gasteiger partial charge in [-0.2, -0.15) is 0 Å². The van der Waals surface area contributed by atoms with Crippen LogP contribution in [-0.4, -0.2) is 119 Å². The SMILES string of the molecule is O.O.O=[Si]([O-])[O-].O=[Si]([O-])[O-].O=[Si]([O-])[O-].[Al].[Al].[Fe+3].[Fe+3].[H-].[H-].[H-].[H-].[Mg+2].[Mg+2]. The first-order valence-electron chi connectivity index (χ1n) is 1.84. The molecule has 20 heavy (non-hydrogen) atoms. The predicted octanol–water partition coefficient (Wildman–Crippen LogP) is -11.4. The van der Waals surface area contributed by atoms with Crippen molar-refractivity contribution in [3.8, 4) is 0 Å². The second-order valence-electron chi connectivity index (χ2n) is 0.750. The Morgan fingerprint density at radius 3 is 0.550 bits per heavy atom. The minimum Gasteiger partial charge on any atom is -1.00 e. The molecule has 0 rings (SSSR count). The molecule has 20 heteroatoms. The maximum atomic E-state index is 8.52. The summed E-state index contributed by atoms with van der Waals surface area (Å²) in [5, 5.41) is 0. The Kier molecular flexibility index (Phi) is 270. The molecule has 4 N–H and O–H groups in total. The van der Waals surface area contributed by atoms with Gasteiger partial charge < -0.3 is 58.8 Å². The first kappa shape index (κ1) is 78.9. The van der Waals surface area contributed by atoms with Crippen molar-refractivity contribution in [1.82, 2.24) is 0 Å². The van der Waals surface area contributed by atoms with E-state index < -0.39 is 27.5 Å². The zero-order chi connectivity index (χ0) is 10.7. The fourth-order valence-electron chi connectivity index (χ4n) is 0. The molecule has 0 unspecified atom stereocenters. The molecular weight excluding hydrogens is 475 g/mol. The maximum absolute atomic E-state index is 8.52. The molecule has 0 aliphatic carbocycles. The summed E-state index contributed by atoms with van der Waals surface area (Å²) < 4.78 is 25.6. The molecule has 8 radical (unpaired) electrons. The van der Waals surface area contributed by atoms with Crippen LogP contribution in [0.1, 0.15) is 5.71 Å². The largest absolute Gasteiger partial charge is 3.00 e. The molecule has 0 amide bonds. The summed E-state index contributed by atoms with van der Waals surface area (Å²) in [5.74, 6) is 0. The van der Waals surface area contributed by atoms with Crippen LogP contribution >= 0.6 is 0 Å². The van der Waals surface area contributed by atoms with Gasteiger partial charge in [0, 0.05) is 62.2 Å². The summed E-state index contributed by atoms with van der Waals surface area (Å²) in [6.07, 6.45) is 0. The monoisotopic (exact) mass is 482 g/mol. The Labute approximate surface area is 199 Å². The third-order valence-corrected chi connectivity index (χ3v) is 0. The van der Waals surface area contributed by atoms with Crippen LogP contribution in [0.4, 0.5) is 0 Å². The minimum atomic E-state index is -3.63. The van der Waals surface area contributed by atoms with Gasteiger partial charge in [0.25, 0.3) is 0 Å². The molecular formula is H8Al2Fe2Mg2O11Si3. The molecule has 0 spiro atoms.